The molecule has 0 bridgehead atoms. The van der Waals surface area contributed by atoms with Crippen molar-refractivity contribution in [2.75, 3.05) is 5.32 Å². The van der Waals surface area contributed by atoms with Gasteiger partial charge in [0.1, 0.15) is 6.10 Å². The maximum absolute atomic E-state index is 11.3. The second kappa shape index (κ2) is 5.35. The first-order chi connectivity index (χ1) is 9.54. The van der Waals surface area contributed by atoms with Gasteiger partial charge in [0.05, 0.1) is 11.4 Å². The lowest BCUT2D eigenvalue weighted by atomic mass is 9.99. The monoisotopic (exact) mass is 399 g/mol. The van der Waals surface area contributed by atoms with Gasteiger partial charge in [0.15, 0.2) is 0 Å². The van der Waals surface area contributed by atoms with E-state index in [-0.39, 0.29) is 5.91 Å². The normalized spacial score (nSPS) is 14.8. The van der Waals surface area contributed by atoms with Crippen LogP contribution in [0, 0.1) is 3.57 Å². The molecule has 3 nitrogen and oxygen atoms in total. The van der Waals surface area contributed by atoms with Crippen LogP contribution in [0.15, 0.2) is 36.4 Å². The molecule has 2 N–H and O–H groups in total. The Morgan fingerprint density at radius 1 is 1.20 bits per heavy atom. The summed E-state index contributed by atoms with van der Waals surface area (Å²) in [6.07, 6.45) is -0.380. The molecule has 20 heavy (non-hydrogen) atoms. The van der Waals surface area contributed by atoms with Gasteiger partial charge in [-0.1, -0.05) is 29.8 Å². The molecule has 3 rings (SSSR count). The lowest BCUT2D eigenvalue weighted by Crippen LogP contribution is -2.03. The van der Waals surface area contributed by atoms with Crippen LogP contribution >= 0.6 is 34.2 Å². The van der Waals surface area contributed by atoms with E-state index in [1.54, 1.807) is 6.07 Å². The Morgan fingerprint density at radius 2 is 1.90 bits per heavy atom. The van der Waals surface area contributed by atoms with E-state index < -0.39 is 6.10 Å². The van der Waals surface area contributed by atoms with Crippen molar-refractivity contribution in [3.05, 3.63) is 61.7 Å². The molecule has 0 aromatic heterocycles. The molecule has 1 unspecified atom stereocenters. The largest absolute Gasteiger partial charge is 0.384 e. The van der Waals surface area contributed by atoms with Gasteiger partial charge in [-0.2, -0.15) is 0 Å². The molecule has 0 aliphatic carbocycles. The van der Waals surface area contributed by atoms with Crippen LogP contribution in [0.4, 0.5) is 5.69 Å². The minimum atomic E-state index is -0.745. The van der Waals surface area contributed by atoms with E-state index in [9.17, 15) is 9.90 Å². The molecule has 0 spiro atoms. The third-order valence-corrected chi connectivity index (χ3v) is 4.90. The van der Waals surface area contributed by atoms with Crippen LogP contribution in [-0.4, -0.2) is 11.0 Å². The minimum Gasteiger partial charge on any atom is -0.384 e. The van der Waals surface area contributed by atoms with Gasteiger partial charge in [-0.25, -0.2) is 0 Å². The van der Waals surface area contributed by atoms with E-state index in [1.807, 2.05) is 30.3 Å². The van der Waals surface area contributed by atoms with Crippen LogP contribution in [0.25, 0.3) is 0 Å². The van der Waals surface area contributed by atoms with E-state index in [1.165, 1.54) is 0 Å². The van der Waals surface area contributed by atoms with Gasteiger partial charge >= 0.3 is 0 Å². The van der Waals surface area contributed by atoms with Crippen molar-refractivity contribution >= 4 is 45.8 Å². The van der Waals surface area contributed by atoms with E-state index in [0.717, 1.165) is 25.9 Å². The number of anilines is 1. The number of carbonyl (C=O) groups excluding carboxylic acids is 1. The first-order valence-corrected chi connectivity index (χ1v) is 7.56. The number of fused-ring (bicyclic) bond motifs is 1. The second-order valence-corrected chi connectivity index (χ2v) is 6.29. The average Bonchev–Trinajstić information content (AvgIpc) is 2.80. The zero-order valence-corrected chi connectivity index (χ0v) is 13.3. The van der Waals surface area contributed by atoms with Crippen molar-refractivity contribution in [3.8, 4) is 0 Å². The number of hydrogen-bond donors (Lipinski definition) is 2. The summed E-state index contributed by atoms with van der Waals surface area (Å²) in [5.74, 6) is -0.0102. The molecule has 2 aromatic carbocycles. The van der Waals surface area contributed by atoms with Crippen molar-refractivity contribution in [1.29, 1.82) is 0 Å². The van der Waals surface area contributed by atoms with Crippen molar-refractivity contribution in [2.45, 2.75) is 12.5 Å². The van der Waals surface area contributed by atoms with Crippen molar-refractivity contribution in [1.82, 2.24) is 0 Å². The van der Waals surface area contributed by atoms with Gasteiger partial charge in [0, 0.05) is 9.26 Å². The van der Waals surface area contributed by atoms with Gasteiger partial charge < -0.3 is 10.4 Å². The molecule has 0 saturated carbocycles. The highest BCUT2D eigenvalue weighted by atomic mass is 127. The van der Waals surface area contributed by atoms with Crippen LogP contribution in [0.5, 0.6) is 0 Å². The number of rotatable bonds is 2. The number of nitrogens with one attached hydrogen (secondary N) is 1. The third kappa shape index (κ3) is 2.55. The first kappa shape index (κ1) is 13.9. The smallest absolute Gasteiger partial charge is 0.228 e. The van der Waals surface area contributed by atoms with Crippen LogP contribution in [0.3, 0.4) is 0 Å². The number of benzene rings is 2. The number of hydrogen-bond acceptors (Lipinski definition) is 2. The molecule has 102 valence electrons. The number of aliphatic hydroxyl groups excluding tert-OH is 1. The van der Waals surface area contributed by atoms with Crippen molar-refractivity contribution < 1.29 is 9.90 Å². The molecular formula is C15H11ClINO2. The molecule has 1 heterocycles. The third-order valence-electron chi connectivity index (χ3n) is 3.33. The SMILES string of the molecule is O=C1Cc2cc(C(O)c3ccc(I)c(Cl)c3)ccc2N1. The molecule has 2 aromatic rings. The fourth-order valence-electron chi connectivity index (χ4n) is 2.29. The van der Waals surface area contributed by atoms with E-state index in [0.29, 0.717) is 11.4 Å². The summed E-state index contributed by atoms with van der Waals surface area (Å²) in [4.78, 5) is 11.3. The highest BCUT2D eigenvalue weighted by molar-refractivity contribution is 14.1. The fraction of sp³-hybridized carbons (Fsp3) is 0.133. The highest BCUT2D eigenvalue weighted by Gasteiger charge is 2.20. The Morgan fingerprint density at radius 3 is 2.65 bits per heavy atom. The zero-order valence-electron chi connectivity index (χ0n) is 10.4. The molecule has 0 radical (unpaired) electrons. The summed E-state index contributed by atoms with van der Waals surface area (Å²) in [5, 5.41) is 13.8. The zero-order chi connectivity index (χ0) is 14.3. The predicted octanol–water partition coefficient (Wildman–Crippen LogP) is 3.52. The molecule has 0 fully saturated rings. The van der Waals surface area contributed by atoms with E-state index in [2.05, 4.69) is 27.9 Å². The Bertz CT molecular complexity index is 702. The Labute approximate surface area is 135 Å². The van der Waals surface area contributed by atoms with Gasteiger partial charge in [0.25, 0.3) is 0 Å². The van der Waals surface area contributed by atoms with E-state index >= 15 is 0 Å². The van der Waals surface area contributed by atoms with Crippen LogP contribution in [0.2, 0.25) is 5.02 Å². The first-order valence-electron chi connectivity index (χ1n) is 6.10. The van der Waals surface area contributed by atoms with Gasteiger partial charge in [-0.05, 0) is 57.5 Å². The van der Waals surface area contributed by atoms with Crippen LogP contribution in [0.1, 0.15) is 22.8 Å². The number of halogens is 2. The lowest BCUT2D eigenvalue weighted by Gasteiger charge is -2.13. The summed E-state index contributed by atoms with van der Waals surface area (Å²) < 4.78 is 0.948. The maximum atomic E-state index is 11.3. The standard InChI is InChI=1S/C15H11ClINO2/c16-11-6-9(1-3-12(11)17)15(20)8-2-4-13-10(5-8)7-14(19)18-13/h1-6,15,20H,7H2,(H,18,19). The molecule has 1 aliphatic rings. The van der Waals surface area contributed by atoms with Gasteiger partial charge in [-0.15, -0.1) is 0 Å². The number of aliphatic hydroxyl groups is 1. The quantitative estimate of drug-likeness (QED) is 0.759. The van der Waals surface area contributed by atoms with Crippen LogP contribution < -0.4 is 5.32 Å². The lowest BCUT2D eigenvalue weighted by molar-refractivity contribution is -0.115. The van der Waals surface area contributed by atoms with Gasteiger partial charge in [0.2, 0.25) is 5.91 Å². The van der Waals surface area contributed by atoms with Crippen LogP contribution in [-0.2, 0) is 11.2 Å². The van der Waals surface area contributed by atoms with Crippen molar-refractivity contribution in [3.63, 3.8) is 0 Å². The molecule has 5 heteroatoms. The number of amides is 1. The molecule has 0 saturated heterocycles. The highest BCUT2D eigenvalue weighted by Crippen LogP contribution is 2.31. The maximum Gasteiger partial charge on any atom is 0.228 e. The molecule has 1 aliphatic heterocycles. The predicted molar refractivity (Wildman–Crippen MR) is 87.0 cm³/mol. The summed E-state index contributed by atoms with van der Waals surface area (Å²) >= 11 is 8.23. The topological polar surface area (TPSA) is 49.3 Å². The fourth-order valence-corrected chi connectivity index (χ4v) is 2.82. The minimum absolute atomic E-state index is 0.0102. The summed E-state index contributed by atoms with van der Waals surface area (Å²) in [6, 6.07) is 11.0. The summed E-state index contributed by atoms with van der Waals surface area (Å²) in [7, 11) is 0. The summed E-state index contributed by atoms with van der Waals surface area (Å²) in [6.45, 7) is 0. The number of carbonyl (C=O) groups is 1. The second-order valence-electron chi connectivity index (χ2n) is 4.72. The molecule has 1 atom stereocenters. The Balaban J connectivity index is 1.94. The Kier molecular flexibility index (Phi) is 3.70. The average molecular weight is 400 g/mol. The molecule has 1 amide bonds. The molecular weight excluding hydrogens is 389 g/mol. The summed E-state index contributed by atoms with van der Waals surface area (Å²) in [5.41, 5.74) is 3.25. The van der Waals surface area contributed by atoms with E-state index in [4.69, 9.17) is 11.6 Å². The van der Waals surface area contributed by atoms with Gasteiger partial charge in [-0.3, -0.25) is 4.79 Å². The Hall–Kier alpha value is -1.11. The van der Waals surface area contributed by atoms with Crippen molar-refractivity contribution in [2.24, 2.45) is 0 Å².